The Kier molecular flexibility index (Phi) is 4.02. The second kappa shape index (κ2) is 5.53. The van der Waals surface area contributed by atoms with Crippen molar-refractivity contribution < 1.29 is 4.79 Å². The van der Waals surface area contributed by atoms with Gasteiger partial charge in [0.05, 0.1) is 5.92 Å². The minimum absolute atomic E-state index is 0.163. The van der Waals surface area contributed by atoms with Crippen LogP contribution < -0.4 is 5.73 Å². The van der Waals surface area contributed by atoms with Crippen LogP contribution in [0.15, 0.2) is 30.3 Å². The van der Waals surface area contributed by atoms with Crippen LogP contribution in [-0.2, 0) is 4.79 Å². The van der Waals surface area contributed by atoms with Crippen LogP contribution in [0.25, 0.3) is 0 Å². The molecule has 0 aliphatic heterocycles. The van der Waals surface area contributed by atoms with Crippen LogP contribution >= 0.6 is 0 Å². The van der Waals surface area contributed by atoms with E-state index in [0.717, 1.165) is 18.4 Å². The SMILES string of the molecule is CC(C(=O)N(C)C1CCC1)C(N)c1ccccc1. The first-order chi connectivity index (χ1) is 8.61. The third-order valence-electron chi connectivity index (χ3n) is 4.08. The summed E-state index contributed by atoms with van der Waals surface area (Å²) in [4.78, 5) is 14.2. The van der Waals surface area contributed by atoms with E-state index < -0.39 is 0 Å². The van der Waals surface area contributed by atoms with Crippen molar-refractivity contribution in [2.45, 2.75) is 38.3 Å². The van der Waals surface area contributed by atoms with E-state index in [1.807, 2.05) is 49.2 Å². The van der Waals surface area contributed by atoms with Gasteiger partial charge in [-0.25, -0.2) is 0 Å². The van der Waals surface area contributed by atoms with Gasteiger partial charge in [-0.1, -0.05) is 37.3 Å². The van der Waals surface area contributed by atoms with Crippen LogP contribution in [0, 0.1) is 5.92 Å². The van der Waals surface area contributed by atoms with Crippen molar-refractivity contribution in [3.05, 3.63) is 35.9 Å². The van der Waals surface area contributed by atoms with Crippen molar-refractivity contribution in [3.8, 4) is 0 Å². The van der Waals surface area contributed by atoms with Crippen molar-refractivity contribution in [3.63, 3.8) is 0 Å². The number of hydrogen-bond donors (Lipinski definition) is 1. The lowest BCUT2D eigenvalue weighted by Gasteiger charge is -2.37. The number of rotatable bonds is 4. The Morgan fingerprint density at radius 1 is 1.33 bits per heavy atom. The Hall–Kier alpha value is -1.35. The molecule has 0 heterocycles. The smallest absolute Gasteiger partial charge is 0.227 e. The Balaban J connectivity index is 2.01. The molecule has 2 rings (SSSR count). The first kappa shape index (κ1) is 13.1. The summed E-state index contributed by atoms with van der Waals surface area (Å²) in [5.74, 6) is -0.00551. The number of hydrogen-bond acceptors (Lipinski definition) is 2. The summed E-state index contributed by atoms with van der Waals surface area (Å²) in [7, 11) is 1.90. The minimum Gasteiger partial charge on any atom is -0.342 e. The molecule has 3 nitrogen and oxygen atoms in total. The van der Waals surface area contributed by atoms with Gasteiger partial charge in [-0.15, -0.1) is 0 Å². The van der Waals surface area contributed by atoms with E-state index in [1.54, 1.807) is 0 Å². The van der Waals surface area contributed by atoms with Gasteiger partial charge < -0.3 is 10.6 Å². The van der Waals surface area contributed by atoms with E-state index in [4.69, 9.17) is 5.73 Å². The molecule has 1 aromatic rings. The molecule has 2 unspecified atom stereocenters. The second-order valence-corrected chi connectivity index (χ2v) is 5.26. The van der Waals surface area contributed by atoms with Crippen molar-refractivity contribution in [2.75, 3.05) is 7.05 Å². The average molecular weight is 246 g/mol. The lowest BCUT2D eigenvalue weighted by Crippen LogP contribution is -2.45. The molecule has 18 heavy (non-hydrogen) atoms. The van der Waals surface area contributed by atoms with Gasteiger partial charge >= 0.3 is 0 Å². The van der Waals surface area contributed by atoms with Crippen LogP contribution in [0.3, 0.4) is 0 Å². The van der Waals surface area contributed by atoms with E-state index in [2.05, 4.69) is 0 Å². The van der Waals surface area contributed by atoms with Gasteiger partial charge in [0.2, 0.25) is 5.91 Å². The number of nitrogens with two attached hydrogens (primary N) is 1. The minimum atomic E-state index is -0.221. The van der Waals surface area contributed by atoms with Crippen LogP contribution in [0.4, 0.5) is 0 Å². The van der Waals surface area contributed by atoms with E-state index in [-0.39, 0.29) is 17.9 Å². The highest BCUT2D eigenvalue weighted by atomic mass is 16.2. The van der Waals surface area contributed by atoms with Crippen molar-refractivity contribution in [2.24, 2.45) is 11.7 Å². The zero-order valence-corrected chi connectivity index (χ0v) is 11.2. The maximum Gasteiger partial charge on any atom is 0.227 e. The van der Waals surface area contributed by atoms with Crippen LogP contribution in [0.1, 0.15) is 37.8 Å². The predicted molar refractivity (Wildman–Crippen MR) is 72.9 cm³/mol. The molecular formula is C15H22N2O. The normalized spacial score (nSPS) is 18.8. The third kappa shape index (κ3) is 2.56. The van der Waals surface area contributed by atoms with Crippen LogP contribution in [0.2, 0.25) is 0 Å². The first-order valence-electron chi connectivity index (χ1n) is 6.68. The van der Waals surface area contributed by atoms with Gasteiger partial charge in [-0.2, -0.15) is 0 Å². The zero-order valence-electron chi connectivity index (χ0n) is 11.2. The summed E-state index contributed by atoms with van der Waals surface area (Å²) >= 11 is 0. The topological polar surface area (TPSA) is 46.3 Å². The molecule has 1 aliphatic rings. The number of carbonyl (C=O) groups excluding carboxylic acids is 1. The summed E-state index contributed by atoms with van der Waals surface area (Å²) in [6, 6.07) is 10.1. The molecule has 1 amide bonds. The monoisotopic (exact) mass is 246 g/mol. The highest BCUT2D eigenvalue weighted by molar-refractivity contribution is 5.79. The van der Waals surface area contributed by atoms with E-state index >= 15 is 0 Å². The maximum absolute atomic E-state index is 12.3. The third-order valence-corrected chi connectivity index (χ3v) is 4.08. The molecule has 0 aromatic heterocycles. The number of benzene rings is 1. The van der Waals surface area contributed by atoms with Gasteiger partial charge in [0.1, 0.15) is 0 Å². The average Bonchev–Trinajstić information content (AvgIpc) is 2.35. The fraction of sp³-hybridized carbons (Fsp3) is 0.533. The molecular weight excluding hydrogens is 224 g/mol. The zero-order chi connectivity index (χ0) is 13.1. The van der Waals surface area contributed by atoms with Crippen molar-refractivity contribution in [1.29, 1.82) is 0 Å². The molecule has 0 saturated heterocycles. The lowest BCUT2D eigenvalue weighted by molar-refractivity contribution is -0.138. The van der Waals surface area contributed by atoms with Gasteiger partial charge in [0.15, 0.2) is 0 Å². The summed E-state index contributed by atoms with van der Waals surface area (Å²) < 4.78 is 0. The molecule has 1 aromatic carbocycles. The molecule has 2 N–H and O–H groups in total. The summed E-state index contributed by atoms with van der Waals surface area (Å²) in [6.07, 6.45) is 3.51. The molecule has 3 heteroatoms. The van der Waals surface area contributed by atoms with Crippen molar-refractivity contribution in [1.82, 2.24) is 4.90 Å². The van der Waals surface area contributed by atoms with Gasteiger partial charge in [-0.05, 0) is 24.8 Å². The molecule has 0 radical (unpaired) electrons. The predicted octanol–water partition coefficient (Wildman–Crippen LogP) is 2.33. The van der Waals surface area contributed by atoms with Gasteiger partial charge in [0.25, 0.3) is 0 Å². The second-order valence-electron chi connectivity index (χ2n) is 5.26. The van der Waals surface area contributed by atoms with Crippen LogP contribution in [0.5, 0.6) is 0 Å². The number of carbonyl (C=O) groups is 1. The van der Waals surface area contributed by atoms with Gasteiger partial charge in [0, 0.05) is 19.1 Å². The number of amides is 1. The highest BCUT2D eigenvalue weighted by Crippen LogP contribution is 2.27. The molecule has 1 fully saturated rings. The van der Waals surface area contributed by atoms with E-state index in [1.165, 1.54) is 6.42 Å². The summed E-state index contributed by atoms with van der Waals surface area (Å²) in [5, 5.41) is 0. The Morgan fingerprint density at radius 2 is 1.94 bits per heavy atom. The van der Waals surface area contributed by atoms with E-state index in [0.29, 0.717) is 6.04 Å². The standard InChI is InChI=1S/C15H22N2O/c1-11(14(16)12-7-4-3-5-8-12)15(18)17(2)13-9-6-10-13/h3-5,7-8,11,13-14H,6,9-10,16H2,1-2H3. The molecule has 2 atom stereocenters. The van der Waals surface area contributed by atoms with Crippen LogP contribution in [-0.4, -0.2) is 23.9 Å². The largest absolute Gasteiger partial charge is 0.342 e. The lowest BCUT2D eigenvalue weighted by atomic mass is 9.89. The quantitative estimate of drug-likeness (QED) is 0.886. The highest BCUT2D eigenvalue weighted by Gasteiger charge is 2.31. The Morgan fingerprint density at radius 3 is 2.44 bits per heavy atom. The van der Waals surface area contributed by atoms with E-state index in [9.17, 15) is 4.79 Å². The molecule has 98 valence electrons. The fourth-order valence-electron chi connectivity index (χ4n) is 2.39. The van der Waals surface area contributed by atoms with Crippen molar-refractivity contribution >= 4 is 5.91 Å². The number of nitrogens with zero attached hydrogens (tertiary/aromatic N) is 1. The molecule has 1 aliphatic carbocycles. The molecule has 0 spiro atoms. The molecule has 1 saturated carbocycles. The fourth-order valence-corrected chi connectivity index (χ4v) is 2.39. The van der Waals surface area contributed by atoms with Gasteiger partial charge in [-0.3, -0.25) is 4.79 Å². The summed E-state index contributed by atoms with van der Waals surface area (Å²) in [6.45, 7) is 1.93. The summed E-state index contributed by atoms with van der Waals surface area (Å²) in [5.41, 5.74) is 7.22. The Bertz CT molecular complexity index is 400. The first-order valence-corrected chi connectivity index (χ1v) is 6.68. The maximum atomic E-state index is 12.3. The molecule has 0 bridgehead atoms. The Labute approximate surface area is 109 Å².